The Balaban J connectivity index is 2.76. The van der Waals surface area contributed by atoms with Gasteiger partial charge in [0.2, 0.25) is 5.91 Å². The molecule has 2 amide bonds. The Hall–Kier alpha value is -1.01. The Kier molecular flexibility index (Phi) is 6.71. The Bertz CT molecular complexity index is 458. The van der Waals surface area contributed by atoms with Gasteiger partial charge in [-0.3, -0.25) is 4.79 Å². The van der Waals surface area contributed by atoms with Gasteiger partial charge in [0.05, 0.1) is 24.7 Å². The van der Waals surface area contributed by atoms with Crippen LogP contribution in [-0.4, -0.2) is 67.3 Å². The second-order valence-electron chi connectivity index (χ2n) is 7.53. The summed E-state index contributed by atoms with van der Waals surface area (Å²) in [5, 5.41) is 0. The summed E-state index contributed by atoms with van der Waals surface area (Å²) in [5.41, 5.74) is -0.927. The summed E-state index contributed by atoms with van der Waals surface area (Å²) in [5.74, 6) is 0.830. The maximum atomic E-state index is 12.9. The first-order chi connectivity index (χ1) is 10.5. The highest BCUT2D eigenvalue weighted by atomic mass is 32.3. The Morgan fingerprint density at radius 3 is 2.61 bits per heavy atom. The van der Waals surface area contributed by atoms with Gasteiger partial charge in [0.25, 0.3) is 0 Å². The number of cyclic esters (lactones) is 1. The molecule has 0 aromatic rings. The summed E-state index contributed by atoms with van der Waals surface area (Å²) < 4.78 is 10.8. The van der Waals surface area contributed by atoms with E-state index in [0.29, 0.717) is 6.61 Å². The quantitative estimate of drug-likeness (QED) is 0.501. The fourth-order valence-electron chi connectivity index (χ4n) is 2.24. The van der Waals surface area contributed by atoms with E-state index in [2.05, 4.69) is 25.3 Å². The van der Waals surface area contributed by atoms with Gasteiger partial charge in [-0.05, 0) is 31.6 Å². The van der Waals surface area contributed by atoms with Crippen molar-refractivity contribution in [3.8, 4) is 0 Å². The highest BCUT2D eigenvalue weighted by Crippen LogP contribution is 2.34. The number of amides is 2. The molecule has 1 aliphatic rings. The summed E-state index contributed by atoms with van der Waals surface area (Å²) in [6.07, 6.45) is 7.67. The molecule has 1 saturated heterocycles. The van der Waals surface area contributed by atoms with Crippen LogP contribution in [0.3, 0.4) is 0 Å². The largest absolute Gasteiger partial charge is 0.447 e. The summed E-state index contributed by atoms with van der Waals surface area (Å²) in [6, 6.07) is -0.228. The van der Waals surface area contributed by atoms with Gasteiger partial charge in [0.1, 0.15) is 6.61 Å². The topological polar surface area (TPSA) is 55.8 Å². The van der Waals surface area contributed by atoms with E-state index in [1.54, 1.807) is 13.0 Å². The van der Waals surface area contributed by atoms with Crippen molar-refractivity contribution >= 4 is 22.0 Å². The Morgan fingerprint density at radius 2 is 2.13 bits per heavy atom. The number of hydrogen-bond acceptors (Lipinski definition) is 4. The molecule has 1 fully saturated rings. The van der Waals surface area contributed by atoms with Gasteiger partial charge in [-0.1, -0.05) is 19.9 Å². The SMILES string of the molecule is C=C[C@](C)(COCCS(C)(C)C)C(=O)N1C(=O)OC[C@H]1C(C)C. The van der Waals surface area contributed by atoms with Crippen LogP contribution in [0.4, 0.5) is 4.79 Å². The lowest BCUT2D eigenvalue weighted by molar-refractivity contribution is -0.139. The molecule has 0 aromatic heterocycles. The molecule has 0 unspecified atom stereocenters. The number of carbonyl (C=O) groups excluding carboxylic acids is 2. The lowest BCUT2D eigenvalue weighted by atomic mass is 9.89. The number of imide groups is 1. The number of nitrogens with zero attached hydrogens (tertiary/aromatic N) is 1. The molecule has 6 heteroatoms. The summed E-state index contributed by atoms with van der Waals surface area (Å²) in [4.78, 5) is 26.1. The first kappa shape index (κ1) is 20.0. The zero-order valence-corrected chi connectivity index (χ0v) is 16.1. The van der Waals surface area contributed by atoms with Crippen LogP contribution in [0, 0.1) is 11.3 Å². The van der Waals surface area contributed by atoms with E-state index in [9.17, 15) is 9.59 Å². The number of rotatable bonds is 8. The van der Waals surface area contributed by atoms with Gasteiger partial charge in [-0.2, -0.15) is 0 Å². The minimum Gasteiger partial charge on any atom is -0.447 e. The van der Waals surface area contributed by atoms with Gasteiger partial charge < -0.3 is 9.47 Å². The first-order valence-corrected chi connectivity index (χ1v) is 10.9. The molecule has 1 heterocycles. The van der Waals surface area contributed by atoms with Crippen LogP contribution in [-0.2, 0) is 14.3 Å². The molecule has 0 radical (unpaired) electrons. The molecule has 5 nitrogen and oxygen atoms in total. The van der Waals surface area contributed by atoms with Crippen molar-refractivity contribution in [3.63, 3.8) is 0 Å². The molecular formula is C17H31NO4S. The van der Waals surface area contributed by atoms with Crippen molar-refractivity contribution in [3.05, 3.63) is 12.7 Å². The molecule has 0 spiro atoms. The zero-order valence-electron chi connectivity index (χ0n) is 15.3. The molecule has 0 N–H and O–H groups in total. The molecule has 2 atom stereocenters. The van der Waals surface area contributed by atoms with E-state index in [1.807, 2.05) is 13.8 Å². The van der Waals surface area contributed by atoms with E-state index in [-0.39, 0.29) is 31.1 Å². The maximum absolute atomic E-state index is 12.9. The van der Waals surface area contributed by atoms with Crippen LogP contribution >= 0.6 is 10.0 Å². The molecule has 23 heavy (non-hydrogen) atoms. The van der Waals surface area contributed by atoms with Crippen LogP contribution in [0.5, 0.6) is 0 Å². The van der Waals surface area contributed by atoms with Crippen LogP contribution in [0.1, 0.15) is 20.8 Å². The number of ether oxygens (including phenoxy) is 2. The maximum Gasteiger partial charge on any atom is 0.417 e. The van der Waals surface area contributed by atoms with E-state index in [0.717, 1.165) is 5.75 Å². The predicted octanol–water partition coefficient (Wildman–Crippen LogP) is 2.89. The van der Waals surface area contributed by atoms with Crippen molar-refractivity contribution in [2.75, 3.05) is 44.3 Å². The summed E-state index contributed by atoms with van der Waals surface area (Å²) >= 11 is 0. The summed E-state index contributed by atoms with van der Waals surface area (Å²) in [7, 11) is -0.634. The van der Waals surface area contributed by atoms with Crippen LogP contribution in [0.2, 0.25) is 0 Å². The smallest absolute Gasteiger partial charge is 0.417 e. The van der Waals surface area contributed by atoms with Gasteiger partial charge in [-0.15, -0.1) is 6.58 Å². The highest BCUT2D eigenvalue weighted by Gasteiger charge is 2.46. The van der Waals surface area contributed by atoms with Crippen molar-refractivity contribution in [2.45, 2.75) is 26.8 Å². The molecule has 0 saturated carbocycles. The van der Waals surface area contributed by atoms with E-state index >= 15 is 0 Å². The lowest BCUT2D eigenvalue weighted by Crippen LogP contribution is -2.49. The second-order valence-corrected chi connectivity index (χ2v) is 12.1. The van der Waals surface area contributed by atoms with Crippen molar-refractivity contribution < 1.29 is 19.1 Å². The van der Waals surface area contributed by atoms with E-state index < -0.39 is 21.5 Å². The molecular weight excluding hydrogens is 314 g/mol. The van der Waals surface area contributed by atoms with Crippen LogP contribution in [0.15, 0.2) is 12.7 Å². The highest BCUT2D eigenvalue weighted by molar-refractivity contribution is 8.32. The van der Waals surface area contributed by atoms with Gasteiger partial charge in [0, 0.05) is 5.75 Å². The summed E-state index contributed by atoms with van der Waals surface area (Å²) in [6.45, 7) is 10.6. The predicted molar refractivity (Wildman–Crippen MR) is 96.2 cm³/mol. The lowest BCUT2D eigenvalue weighted by Gasteiger charge is -2.32. The second kappa shape index (κ2) is 7.71. The van der Waals surface area contributed by atoms with Crippen molar-refractivity contribution in [1.29, 1.82) is 0 Å². The van der Waals surface area contributed by atoms with Crippen LogP contribution < -0.4 is 0 Å². The fourth-order valence-corrected chi connectivity index (χ4v) is 2.85. The normalized spacial score (nSPS) is 22.0. The molecule has 134 valence electrons. The van der Waals surface area contributed by atoms with Crippen molar-refractivity contribution in [1.82, 2.24) is 4.90 Å². The fraction of sp³-hybridized carbons (Fsp3) is 0.765. The average Bonchev–Trinajstić information content (AvgIpc) is 2.83. The molecule has 1 rings (SSSR count). The first-order valence-electron chi connectivity index (χ1n) is 7.89. The standard InChI is InChI=1S/C17H31NO4S/c1-8-17(4,12-21-9-10-23(5,6)7)15(19)18-14(13(2)3)11-22-16(18)20/h8,13-14H,1,9-12H2,2-7H3/t14-,17+/m0/s1. The Labute approximate surface area is 141 Å². The third kappa shape index (κ3) is 5.24. The van der Waals surface area contributed by atoms with Crippen molar-refractivity contribution in [2.24, 2.45) is 11.3 Å². The third-order valence-corrected chi connectivity index (χ3v) is 5.47. The third-order valence-electron chi connectivity index (χ3n) is 4.08. The molecule has 1 aliphatic heterocycles. The minimum absolute atomic E-state index is 0.143. The number of hydrogen-bond donors (Lipinski definition) is 0. The molecule has 0 aromatic carbocycles. The molecule has 0 bridgehead atoms. The van der Waals surface area contributed by atoms with Gasteiger partial charge in [0.15, 0.2) is 0 Å². The van der Waals surface area contributed by atoms with E-state index in [1.165, 1.54) is 4.90 Å². The van der Waals surface area contributed by atoms with Gasteiger partial charge >= 0.3 is 6.09 Å². The molecule has 0 aliphatic carbocycles. The zero-order chi connectivity index (χ0) is 17.8. The van der Waals surface area contributed by atoms with Crippen LogP contribution in [0.25, 0.3) is 0 Å². The minimum atomic E-state index is -0.927. The Morgan fingerprint density at radius 1 is 1.52 bits per heavy atom. The monoisotopic (exact) mass is 345 g/mol. The van der Waals surface area contributed by atoms with E-state index in [4.69, 9.17) is 9.47 Å². The van der Waals surface area contributed by atoms with Gasteiger partial charge in [-0.25, -0.2) is 19.7 Å². The number of carbonyl (C=O) groups is 2. The average molecular weight is 346 g/mol.